The van der Waals surface area contributed by atoms with Crippen LogP contribution in [0.15, 0.2) is 4.99 Å². The Morgan fingerprint density at radius 1 is 1.25 bits per heavy atom. The van der Waals surface area contributed by atoms with Crippen molar-refractivity contribution in [2.75, 3.05) is 19.6 Å². The molecule has 0 spiro atoms. The molecule has 1 aliphatic carbocycles. The molecule has 1 saturated carbocycles. The zero-order chi connectivity index (χ0) is 14.1. The standard InChI is InChI=1S/C14H28N4O.HI/c1-3-18(4-2)14(15)16-11-10-13(19)17-12-8-6-5-7-9-12;/h12H,3-11H2,1-2H3,(H2,15,16)(H,17,19);1H. The molecule has 1 amide bonds. The average molecular weight is 396 g/mol. The molecule has 1 rings (SSSR count). The minimum absolute atomic E-state index is 0. The maximum atomic E-state index is 11.8. The summed E-state index contributed by atoms with van der Waals surface area (Å²) in [7, 11) is 0. The molecule has 0 atom stereocenters. The second-order valence-electron chi connectivity index (χ2n) is 5.06. The quantitative estimate of drug-likeness (QED) is 0.411. The topological polar surface area (TPSA) is 70.7 Å². The van der Waals surface area contributed by atoms with E-state index in [1.165, 1.54) is 19.3 Å². The van der Waals surface area contributed by atoms with E-state index in [9.17, 15) is 4.79 Å². The number of amides is 1. The molecule has 118 valence electrons. The summed E-state index contributed by atoms with van der Waals surface area (Å²) in [5, 5.41) is 3.09. The number of halogens is 1. The first kappa shape index (κ1) is 19.5. The lowest BCUT2D eigenvalue weighted by atomic mass is 9.95. The van der Waals surface area contributed by atoms with Crippen molar-refractivity contribution in [2.24, 2.45) is 10.7 Å². The summed E-state index contributed by atoms with van der Waals surface area (Å²) in [6.45, 7) is 6.25. The number of nitrogens with two attached hydrogens (primary N) is 1. The summed E-state index contributed by atoms with van der Waals surface area (Å²) in [5.74, 6) is 0.637. The van der Waals surface area contributed by atoms with Crippen molar-refractivity contribution in [1.29, 1.82) is 0 Å². The lowest BCUT2D eigenvalue weighted by molar-refractivity contribution is -0.121. The number of guanidine groups is 1. The zero-order valence-electron chi connectivity index (χ0n) is 12.7. The Hall–Kier alpha value is -0.530. The molecule has 0 saturated heterocycles. The molecule has 20 heavy (non-hydrogen) atoms. The number of nitrogens with zero attached hydrogens (tertiary/aromatic N) is 2. The second kappa shape index (κ2) is 11.2. The molecule has 0 unspecified atom stereocenters. The minimum atomic E-state index is 0. The van der Waals surface area contributed by atoms with Crippen LogP contribution in [0.25, 0.3) is 0 Å². The first-order valence-electron chi connectivity index (χ1n) is 7.51. The first-order valence-corrected chi connectivity index (χ1v) is 7.51. The highest BCUT2D eigenvalue weighted by molar-refractivity contribution is 14.0. The monoisotopic (exact) mass is 396 g/mol. The smallest absolute Gasteiger partial charge is 0.222 e. The molecule has 0 aromatic rings. The maximum absolute atomic E-state index is 11.8. The molecular formula is C14H29IN4O. The van der Waals surface area contributed by atoms with E-state index in [4.69, 9.17) is 5.73 Å². The number of carbonyl (C=O) groups is 1. The van der Waals surface area contributed by atoms with Gasteiger partial charge in [-0.2, -0.15) is 0 Å². The van der Waals surface area contributed by atoms with Gasteiger partial charge in [0.05, 0.1) is 6.54 Å². The minimum Gasteiger partial charge on any atom is -0.370 e. The van der Waals surface area contributed by atoms with Crippen LogP contribution in [-0.4, -0.2) is 42.4 Å². The van der Waals surface area contributed by atoms with Crippen LogP contribution in [0.5, 0.6) is 0 Å². The third-order valence-corrected chi connectivity index (χ3v) is 3.67. The number of rotatable bonds is 6. The molecule has 3 N–H and O–H groups in total. The van der Waals surface area contributed by atoms with Gasteiger partial charge in [-0.3, -0.25) is 9.79 Å². The van der Waals surface area contributed by atoms with E-state index in [0.717, 1.165) is 25.9 Å². The lowest BCUT2D eigenvalue weighted by Crippen LogP contribution is -2.38. The number of carbonyl (C=O) groups excluding carboxylic acids is 1. The van der Waals surface area contributed by atoms with Crippen LogP contribution in [0.4, 0.5) is 0 Å². The van der Waals surface area contributed by atoms with Crippen LogP contribution in [0.3, 0.4) is 0 Å². The Morgan fingerprint density at radius 3 is 2.40 bits per heavy atom. The number of aliphatic imine (C=N–C) groups is 1. The van der Waals surface area contributed by atoms with Crippen molar-refractivity contribution in [3.63, 3.8) is 0 Å². The lowest BCUT2D eigenvalue weighted by Gasteiger charge is -2.22. The van der Waals surface area contributed by atoms with E-state index in [1.807, 2.05) is 18.7 Å². The third-order valence-electron chi connectivity index (χ3n) is 3.67. The summed E-state index contributed by atoms with van der Waals surface area (Å²) < 4.78 is 0. The fourth-order valence-corrected chi connectivity index (χ4v) is 2.47. The van der Waals surface area contributed by atoms with Crippen molar-refractivity contribution in [1.82, 2.24) is 10.2 Å². The molecule has 0 radical (unpaired) electrons. The Balaban J connectivity index is 0.00000361. The van der Waals surface area contributed by atoms with E-state index in [1.54, 1.807) is 0 Å². The van der Waals surface area contributed by atoms with Crippen LogP contribution >= 0.6 is 24.0 Å². The number of nitrogens with one attached hydrogen (secondary N) is 1. The van der Waals surface area contributed by atoms with Crippen molar-refractivity contribution in [2.45, 2.75) is 58.4 Å². The first-order chi connectivity index (χ1) is 9.17. The SMILES string of the molecule is CCN(CC)C(N)=NCCC(=O)NC1CCCCC1.I. The van der Waals surface area contributed by atoms with Crippen LogP contribution in [0, 0.1) is 0 Å². The van der Waals surface area contributed by atoms with Crippen molar-refractivity contribution < 1.29 is 4.79 Å². The van der Waals surface area contributed by atoms with Gasteiger partial charge in [0.15, 0.2) is 5.96 Å². The van der Waals surface area contributed by atoms with Crippen molar-refractivity contribution in [3.05, 3.63) is 0 Å². The predicted molar refractivity (Wildman–Crippen MR) is 94.5 cm³/mol. The van der Waals surface area contributed by atoms with Crippen molar-refractivity contribution >= 4 is 35.8 Å². The number of hydrogen-bond donors (Lipinski definition) is 2. The van der Waals surface area contributed by atoms with Gasteiger partial charge >= 0.3 is 0 Å². The van der Waals surface area contributed by atoms with E-state index in [-0.39, 0.29) is 29.9 Å². The fraction of sp³-hybridized carbons (Fsp3) is 0.857. The van der Waals surface area contributed by atoms with Crippen LogP contribution in [-0.2, 0) is 4.79 Å². The van der Waals surface area contributed by atoms with E-state index >= 15 is 0 Å². The summed E-state index contributed by atoms with van der Waals surface area (Å²) in [4.78, 5) is 18.0. The Morgan fingerprint density at radius 2 is 1.85 bits per heavy atom. The highest BCUT2D eigenvalue weighted by Gasteiger charge is 2.15. The van der Waals surface area contributed by atoms with E-state index in [2.05, 4.69) is 10.3 Å². The van der Waals surface area contributed by atoms with E-state index < -0.39 is 0 Å². The van der Waals surface area contributed by atoms with Gasteiger partial charge in [-0.1, -0.05) is 19.3 Å². The van der Waals surface area contributed by atoms with Crippen LogP contribution in [0.1, 0.15) is 52.4 Å². The largest absolute Gasteiger partial charge is 0.370 e. The predicted octanol–water partition coefficient (Wildman–Crippen LogP) is 2.10. The van der Waals surface area contributed by atoms with Gasteiger partial charge in [-0.15, -0.1) is 24.0 Å². The molecule has 1 fully saturated rings. The Bertz CT molecular complexity index is 300. The Labute approximate surface area is 139 Å². The highest BCUT2D eigenvalue weighted by Crippen LogP contribution is 2.17. The van der Waals surface area contributed by atoms with E-state index in [0.29, 0.717) is 25.0 Å². The molecule has 0 aromatic heterocycles. The molecule has 0 bridgehead atoms. The van der Waals surface area contributed by atoms with Gasteiger partial charge in [0, 0.05) is 25.6 Å². The van der Waals surface area contributed by atoms with Crippen LogP contribution in [0.2, 0.25) is 0 Å². The molecular weight excluding hydrogens is 367 g/mol. The van der Waals surface area contributed by atoms with Gasteiger partial charge in [0.1, 0.15) is 0 Å². The fourth-order valence-electron chi connectivity index (χ4n) is 2.47. The molecule has 6 heteroatoms. The van der Waals surface area contributed by atoms with Gasteiger partial charge < -0.3 is 16.0 Å². The molecule has 0 heterocycles. The van der Waals surface area contributed by atoms with Crippen LogP contribution < -0.4 is 11.1 Å². The van der Waals surface area contributed by atoms with Gasteiger partial charge in [0.2, 0.25) is 5.91 Å². The summed E-state index contributed by atoms with van der Waals surface area (Å²) in [5.41, 5.74) is 5.85. The zero-order valence-corrected chi connectivity index (χ0v) is 15.1. The van der Waals surface area contributed by atoms with Gasteiger partial charge in [-0.25, -0.2) is 0 Å². The van der Waals surface area contributed by atoms with Crippen molar-refractivity contribution in [3.8, 4) is 0 Å². The average Bonchev–Trinajstić information content (AvgIpc) is 2.41. The third kappa shape index (κ3) is 7.31. The Kier molecular flexibility index (Phi) is 10.9. The summed E-state index contributed by atoms with van der Waals surface area (Å²) in [6, 6.07) is 0.380. The normalized spacial score (nSPS) is 16.4. The number of hydrogen-bond acceptors (Lipinski definition) is 2. The highest BCUT2D eigenvalue weighted by atomic mass is 127. The molecule has 1 aliphatic rings. The second-order valence-corrected chi connectivity index (χ2v) is 5.06. The maximum Gasteiger partial charge on any atom is 0.222 e. The summed E-state index contributed by atoms with van der Waals surface area (Å²) in [6.07, 6.45) is 6.44. The molecule has 0 aliphatic heterocycles. The van der Waals surface area contributed by atoms with Gasteiger partial charge in [0.25, 0.3) is 0 Å². The molecule has 5 nitrogen and oxygen atoms in total. The summed E-state index contributed by atoms with van der Waals surface area (Å²) >= 11 is 0. The molecule has 0 aromatic carbocycles. The van der Waals surface area contributed by atoms with Gasteiger partial charge in [-0.05, 0) is 26.7 Å².